The highest BCUT2D eigenvalue weighted by Crippen LogP contribution is 2.33. The van der Waals surface area contributed by atoms with Crippen LogP contribution < -0.4 is 10.6 Å². The number of aromatic nitrogens is 1. The molecule has 16 heavy (non-hydrogen) atoms. The summed E-state index contributed by atoms with van der Waals surface area (Å²) in [6.07, 6.45) is 4.71. The molecule has 0 radical (unpaired) electrons. The maximum absolute atomic E-state index is 8.65. The van der Waals surface area contributed by atoms with E-state index in [0.717, 1.165) is 17.9 Å². The van der Waals surface area contributed by atoms with Crippen LogP contribution in [0.5, 0.6) is 0 Å². The van der Waals surface area contributed by atoms with Gasteiger partial charge in [-0.15, -0.1) is 0 Å². The molecule has 1 aliphatic carbocycles. The summed E-state index contributed by atoms with van der Waals surface area (Å²) in [4.78, 5) is 6.55. The molecular weight excluding hydrogens is 200 g/mol. The Hall–Kier alpha value is -1.76. The summed E-state index contributed by atoms with van der Waals surface area (Å²) in [5.74, 6) is 0.836. The van der Waals surface area contributed by atoms with E-state index in [1.54, 1.807) is 0 Å². The molecule has 0 aromatic carbocycles. The second-order valence-corrected chi connectivity index (χ2v) is 4.26. The van der Waals surface area contributed by atoms with Crippen LogP contribution in [-0.2, 0) is 0 Å². The van der Waals surface area contributed by atoms with Crippen molar-refractivity contribution in [2.75, 3.05) is 17.2 Å². The van der Waals surface area contributed by atoms with Gasteiger partial charge in [-0.3, -0.25) is 0 Å². The van der Waals surface area contributed by atoms with Gasteiger partial charge in [0.15, 0.2) is 5.82 Å². The number of nitrogen functional groups attached to an aromatic ring is 1. The zero-order valence-electron chi connectivity index (χ0n) is 9.48. The summed E-state index contributed by atoms with van der Waals surface area (Å²) in [5.41, 5.74) is 7.75. The Bertz CT molecular complexity index is 418. The van der Waals surface area contributed by atoms with Crippen molar-refractivity contribution < 1.29 is 0 Å². The number of rotatable bonds is 4. The van der Waals surface area contributed by atoms with E-state index >= 15 is 0 Å². The Labute approximate surface area is 95.7 Å². The van der Waals surface area contributed by atoms with E-state index in [0.29, 0.717) is 18.2 Å². The second-order valence-electron chi connectivity index (χ2n) is 4.26. The maximum Gasteiger partial charge on any atom is 0.152 e. The van der Waals surface area contributed by atoms with Gasteiger partial charge in [-0.2, -0.15) is 5.26 Å². The Morgan fingerprint density at radius 3 is 2.94 bits per heavy atom. The van der Waals surface area contributed by atoms with Gasteiger partial charge in [0.05, 0.1) is 18.2 Å². The van der Waals surface area contributed by atoms with Gasteiger partial charge in [0, 0.05) is 18.8 Å². The summed E-state index contributed by atoms with van der Waals surface area (Å²) in [6.45, 7) is 2.70. The van der Waals surface area contributed by atoms with Crippen LogP contribution in [-0.4, -0.2) is 17.6 Å². The van der Waals surface area contributed by atoms with Crippen molar-refractivity contribution >= 4 is 11.5 Å². The quantitative estimate of drug-likeness (QED) is 0.834. The van der Waals surface area contributed by atoms with Crippen LogP contribution in [0.25, 0.3) is 0 Å². The first kappa shape index (κ1) is 10.7. The molecule has 0 atom stereocenters. The van der Waals surface area contributed by atoms with Gasteiger partial charge in [0.25, 0.3) is 0 Å². The maximum atomic E-state index is 8.65. The minimum atomic E-state index is 0.519. The molecule has 2 N–H and O–H groups in total. The summed E-state index contributed by atoms with van der Waals surface area (Å²) in [7, 11) is 0. The minimum absolute atomic E-state index is 0.519. The summed E-state index contributed by atoms with van der Waals surface area (Å²) in [6, 6.07) is 4.64. The highest BCUT2D eigenvalue weighted by molar-refractivity contribution is 5.64. The van der Waals surface area contributed by atoms with Gasteiger partial charge in [-0.1, -0.05) is 0 Å². The lowest BCUT2D eigenvalue weighted by molar-refractivity contribution is 0.779. The van der Waals surface area contributed by atoms with Crippen LogP contribution in [0.1, 0.15) is 24.8 Å². The molecule has 0 unspecified atom stereocenters. The van der Waals surface area contributed by atoms with Crippen molar-refractivity contribution in [3.8, 4) is 6.07 Å². The zero-order chi connectivity index (χ0) is 11.5. The summed E-state index contributed by atoms with van der Waals surface area (Å²) < 4.78 is 0. The van der Waals surface area contributed by atoms with E-state index in [1.165, 1.54) is 12.8 Å². The molecule has 0 spiro atoms. The third-order valence-electron chi connectivity index (χ3n) is 2.76. The predicted molar refractivity (Wildman–Crippen MR) is 64.0 cm³/mol. The third-order valence-corrected chi connectivity index (χ3v) is 2.76. The number of hydrogen-bond acceptors (Lipinski definition) is 4. The summed E-state index contributed by atoms with van der Waals surface area (Å²) >= 11 is 0. The molecule has 0 amide bonds. The van der Waals surface area contributed by atoms with Gasteiger partial charge in [-0.05, 0) is 31.4 Å². The van der Waals surface area contributed by atoms with E-state index in [9.17, 15) is 0 Å². The molecule has 0 bridgehead atoms. The smallest absolute Gasteiger partial charge is 0.152 e. The average molecular weight is 216 g/mol. The number of anilines is 2. The molecular formula is C12H16N4. The van der Waals surface area contributed by atoms with Gasteiger partial charge < -0.3 is 10.6 Å². The van der Waals surface area contributed by atoms with E-state index in [-0.39, 0.29) is 0 Å². The predicted octanol–water partition coefficient (Wildman–Crippen LogP) is 1.85. The van der Waals surface area contributed by atoms with E-state index in [1.807, 2.05) is 19.2 Å². The molecule has 4 nitrogen and oxygen atoms in total. The Balaban J connectivity index is 2.21. The molecule has 2 rings (SSSR count). The van der Waals surface area contributed by atoms with Crippen LogP contribution in [0.15, 0.2) is 12.3 Å². The third kappa shape index (κ3) is 2.25. The monoisotopic (exact) mass is 216 g/mol. The zero-order valence-corrected chi connectivity index (χ0v) is 9.48. The Kier molecular flexibility index (Phi) is 2.95. The van der Waals surface area contributed by atoms with Gasteiger partial charge >= 0.3 is 0 Å². The van der Waals surface area contributed by atoms with Crippen LogP contribution in [0.4, 0.5) is 11.5 Å². The van der Waals surface area contributed by atoms with Crippen molar-refractivity contribution in [2.45, 2.75) is 32.2 Å². The molecule has 1 heterocycles. The number of nitrogens with two attached hydrogens (primary N) is 1. The van der Waals surface area contributed by atoms with Crippen LogP contribution in [0.3, 0.4) is 0 Å². The molecule has 1 aliphatic rings. The van der Waals surface area contributed by atoms with Crippen LogP contribution in [0, 0.1) is 18.3 Å². The number of aryl methyl sites for hydroxylation is 1. The van der Waals surface area contributed by atoms with Crippen molar-refractivity contribution in [3.05, 3.63) is 17.8 Å². The van der Waals surface area contributed by atoms with E-state index < -0.39 is 0 Å². The highest BCUT2D eigenvalue weighted by Gasteiger charge is 2.30. The van der Waals surface area contributed by atoms with Crippen molar-refractivity contribution in [1.82, 2.24) is 4.98 Å². The fraction of sp³-hybridized carbons (Fsp3) is 0.500. The van der Waals surface area contributed by atoms with E-state index in [2.05, 4.69) is 16.0 Å². The number of nitrogens with zero attached hydrogens (tertiary/aromatic N) is 3. The Morgan fingerprint density at radius 1 is 1.62 bits per heavy atom. The Morgan fingerprint density at radius 2 is 2.38 bits per heavy atom. The fourth-order valence-electron chi connectivity index (χ4n) is 1.84. The molecule has 4 heteroatoms. The standard InChI is InChI=1S/C12H16N4/c1-9-7-11(14)12(15-8-9)16(6-2-5-13)10-3-4-10/h7-8,10H,2-4,6,14H2,1H3. The van der Waals surface area contributed by atoms with Crippen molar-refractivity contribution in [3.63, 3.8) is 0 Å². The van der Waals surface area contributed by atoms with E-state index in [4.69, 9.17) is 11.0 Å². The van der Waals surface area contributed by atoms with Gasteiger partial charge in [0.1, 0.15) is 0 Å². The molecule has 0 saturated heterocycles. The van der Waals surface area contributed by atoms with Crippen LogP contribution in [0.2, 0.25) is 0 Å². The number of pyridine rings is 1. The number of nitriles is 1. The lowest BCUT2D eigenvalue weighted by Gasteiger charge is -2.23. The molecule has 84 valence electrons. The second kappa shape index (κ2) is 4.40. The lowest BCUT2D eigenvalue weighted by Crippen LogP contribution is -2.28. The SMILES string of the molecule is Cc1cnc(N(CCC#N)C2CC2)c(N)c1. The molecule has 1 aromatic rings. The fourth-order valence-corrected chi connectivity index (χ4v) is 1.84. The first-order valence-electron chi connectivity index (χ1n) is 5.58. The highest BCUT2D eigenvalue weighted by atomic mass is 15.2. The normalized spacial score (nSPS) is 14.5. The summed E-state index contributed by atoms with van der Waals surface area (Å²) in [5, 5.41) is 8.65. The molecule has 1 saturated carbocycles. The van der Waals surface area contributed by atoms with Crippen LogP contribution >= 0.6 is 0 Å². The van der Waals surface area contributed by atoms with Gasteiger partial charge in [0.2, 0.25) is 0 Å². The number of hydrogen-bond donors (Lipinski definition) is 1. The molecule has 1 aromatic heterocycles. The minimum Gasteiger partial charge on any atom is -0.396 e. The van der Waals surface area contributed by atoms with Gasteiger partial charge in [-0.25, -0.2) is 4.98 Å². The molecule has 0 aliphatic heterocycles. The topological polar surface area (TPSA) is 65.9 Å². The first-order valence-corrected chi connectivity index (χ1v) is 5.58. The average Bonchev–Trinajstić information content (AvgIpc) is 3.05. The lowest BCUT2D eigenvalue weighted by atomic mass is 10.2. The largest absolute Gasteiger partial charge is 0.396 e. The van der Waals surface area contributed by atoms with Crippen molar-refractivity contribution in [1.29, 1.82) is 5.26 Å². The first-order chi connectivity index (χ1) is 7.72. The van der Waals surface area contributed by atoms with Crippen molar-refractivity contribution in [2.24, 2.45) is 0 Å². The molecule has 1 fully saturated rings.